The van der Waals surface area contributed by atoms with Gasteiger partial charge in [0.2, 0.25) is 0 Å². The summed E-state index contributed by atoms with van der Waals surface area (Å²) in [4.78, 5) is 11.7. The Morgan fingerprint density at radius 3 is 2.93 bits per heavy atom. The fourth-order valence-corrected chi connectivity index (χ4v) is 2.47. The topological polar surface area (TPSA) is 55.1 Å². The van der Waals surface area contributed by atoms with Gasteiger partial charge in [0.05, 0.1) is 9.90 Å². The van der Waals surface area contributed by atoms with E-state index in [9.17, 15) is 4.79 Å². The fourth-order valence-electron chi connectivity index (χ4n) is 1.30. The summed E-state index contributed by atoms with van der Waals surface area (Å²) >= 11 is 7.34. The molecular weight excluding hydrogens is 236 g/mol. The number of nitrogens with zero attached hydrogens (tertiary/aromatic N) is 2. The summed E-state index contributed by atoms with van der Waals surface area (Å²) < 4.78 is 1.47. The number of thiophene rings is 1. The van der Waals surface area contributed by atoms with Crippen molar-refractivity contribution in [3.63, 3.8) is 0 Å². The van der Waals surface area contributed by atoms with E-state index in [0.717, 1.165) is 4.88 Å². The molecule has 0 unspecified atom stereocenters. The van der Waals surface area contributed by atoms with Gasteiger partial charge in [0, 0.05) is 18.8 Å². The van der Waals surface area contributed by atoms with Crippen LogP contribution in [0, 0.1) is 0 Å². The van der Waals surface area contributed by atoms with Gasteiger partial charge >= 0.3 is 5.97 Å². The highest BCUT2D eigenvalue weighted by atomic mass is 35.5. The molecule has 2 rings (SSSR count). The first-order valence-corrected chi connectivity index (χ1v) is 5.35. The third-order valence-electron chi connectivity index (χ3n) is 1.89. The molecule has 0 aliphatic carbocycles. The van der Waals surface area contributed by atoms with Gasteiger partial charge in [-0.2, -0.15) is 5.10 Å². The van der Waals surface area contributed by atoms with Crippen molar-refractivity contribution in [2.75, 3.05) is 0 Å². The Bertz CT molecular complexity index is 518. The highest BCUT2D eigenvalue weighted by molar-refractivity contribution is 7.14. The minimum absolute atomic E-state index is 0.0295. The molecule has 6 heteroatoms. The van der Waals surface area contributed by atoms with Gasteiger partial charge in [-0.25, -0.2) is 4.79 Å². The Morgan fingerprint density at radius 2 is 2.40 bits per heavy atom. The molecule has 0 spiro atoms. The summed E-state index contributed by atoms with van der Waals surface area (Å²) in [7, 11) is 1.68. The SMILES string of the molecule is Cn1cc(-c2sccc2Cl)c(C(=O)O)n1. The second-order valence-corrected chi connectivity index (χ2v) is 4.29. The van der Waals surface area contributed by atoms with Gasteiger partial charge in [-0.1, -0.05) is 11.6 Å². The lowest BCUT2D eigenvalue weighted by Gasteiger charge is -1.94. The van der Waals surface area contributed by atoms with E-state index in [1.165, 1.54) is 16.0 Å². The Labute approximate surface area is 94.7 Å². The lowest BCUT2D eigenvalue weighted by molar-refractivity contribution is 0.0690. The van der Waals surface area contributed by atoms with Crippen molar-refractivity contribution < 1.29 is 9.90 Å². The van der Waals surface area contributed by atoms with Gasteiger partial charge in [-0.3, -0.25) is 4.68 Å². The number of halogens is 1. The molecule has 0 saturated carbocycles. The summed E-state index contributed by atoms with van der Waals surface area (Å²) in [5.74, 6) is -1.05. The average Bonchev–Trinajstić information content (AvgIpc) is 2.71. The van der Waals surface area contributed by atoms with Crippen LogP contribution in [0.15, 0.2) is 17.6 Å². The van der Waals surface area contributed by atoms with Gasteiger partial charge < -0.3 is 5.11 Å². The summed E-state index contributed by atoms with van der Waals surface area (Å²) in [6.07, 6.45) is 1.65. The number of carboxylic acid groups (broad SMARTS) is 1. The number of aromatic nitrogens is 2. The number of aromatic carboxylic acids is 1. The van der Waals surface area contributed by atoms with E-state index in [0.29, 0.717) is 10.6 Å². The predicted molar refractivity (Wildman–Crippen MR) is 58.5 cm³/mol. The minimum atomic E-state index is -1.05. The molecule has 4 nitrogen and oxygen atoms in total. The van der Waals surface area contributed by atoms with Crippen molar-refractivity contribution in [2.24, 2.45) is 7.05 Å². The van der Waals surface area contributed by atoms with Crippen molar-refractivity contribution in [2.45, 2.75) is 0 Å². The minimum Gasteiger partial charge on any atom is -0.476 e. The van der Waals surface area contributed by atoms with E-state index in [-0.39, 0.29) is 5.69 Å². The molecule has 0 radical (unpaired) electrons. The van der Waals surface area contributed by atoms with Gasteiger partial charge in [0.15, 0.2) is 5.69 Å². The van der Waals surface area contributed by atoms with Crippen molar-refractivity contribution in [1.29, 1.82) is 0 Å². The Kier molecular flexibility index (Phi) is 2.50. The Hall–Kier alpha value is -1.33. The van der Waals surface area contributed by atoms with Crippen LogP contribution in [0.25, 0.3) is 10.4 Å². The van der Waals surface area contributed by atoms with Crippen LogP contribution in [0.4, 0.5) is 0 Å². The lowest BCUT2D eigenvalue weighted by atomic mass is 10.2. The van der Waals surface area contributed by atoms with Crippen molar-refractivity contribution in [3.8, 4) is 10.4 Å². The maximum Gasteiger partial charge on any atom is 0.357 e. The van der Waals surface area contributed by atoms with Crippen LogP contribution in [0.5, 0.6) is 0 Å². The van der Waals surface area contributed by atoms with Crippen LogP contribution >= 0.6 is 22.9 Å². The molecule has 0 aromatic carbocycles. The molecule has 2 heterocycles. The first-order valence-electron chi connectivity index (χ1n) is 4.10. The van der Waals surface area contributed by atoms with Crippen molar-refractivity contribution >= 4 is 28.9 Å². The third-order valence-corrected chi connectivity index (χ3v) is 3.27. The quantitative estimate of drug-likeness (QED) is 0.880. The van der Waals surface area contributed by atoms with Crippen LogP contribution in [0.2, 0.25) is 5.02 Å². The number of hydrogen-bond donors (Lipinski definition) is 1. The van der Waals surface area contributed by atoms with Crippen LogP contribution in [-0.4, -0.2) is 20.9 Å². The van der Waals surface area contributed by atoms with Gasteiger partial charge in [-0.15, -0.1) is 11.3 Å². The van der Waals surface area contributed by atoms with E-state index in [2.05, 4.69) is 5.10 Å². The third kappa shape index (κ3) is 1.75. The predicted octanol–water partition coefficient (Wildman–Crippen LogP) is 2.50. The van der Waals surface area contributed by atoms with E-state index in [1.54, 1.807) is 19.3 Å². The zero-order valence-electron chi connectivity index (χ0n) is 7.77. The molecule has 0 bridgehead atoms. The maximum atomic E-state index is 10.9. The van der Waals surface area contributed by atoms with Gasteiger partial charge in [0.1, 0.15) is 0 Å². The monoisotopic (exact) mass is 242 g/mol. The lowest BCUT2D eigenvalue weighted by Crippen LogP contribution is -2.00. The molecule has 0 saturated heterocycles. The molecule has 0 aliphatic rings. The number of hydrogen-bond acceptors (Lipinski definition) is 3. The first kappa shape index (κ1) is 10.2. The van der Waals surface area contributed by atoms with Gasteiger partial charge in [0.25, 0.3) is 0 Å². The van der Waals surface area contributed by atoms with E-state index >= 15 is 0 Å². The molecule has 2 aromatic heterocycles. The molecule has 0 atom stereocenters. The molecule has 0 amide bonds. The van der Waals surface area contributed by atoms with Crippen molar-refractivity contribution in [1.82, 2.24) is 9.78 Å². The molecular formula is C9H7ClN2O2S. The Balaban J connectivity index is 2.62. The zero-order valence-corrected chi connectivity index (χ0v) is 9.34. The van der Waals surface area contributed by atoms with E-state index < -0.39 is 5.97 Å². The molecule has 78 valence electrons. The van der Waals surface area contributed by atoms with Crippen LogP contribution < -0.4 is 0 Å². The molecule has 1 N–H and O–H groups in total. The van der Waals surface area contributed by atoms with Crippen LogP contribution in [-0.2, 0) is 7.05 Å². The molecule has 0 aliphatic heterocycles. The second-order valence-electron chi connectivity index (χ2n) is 2.97. The highest BCUT2D eigenvalue weighted by Gasteiger charge is 2.18. The number of carboxylic acids is 1. The number of rotatable bonds is 2. The molecule has 15 heavy (non-hydrogen) atoms. The summed E-state index contributed by atoms with van der Waals surface area (Å²) in [6, 6.07) is 1.74. The zero-order chi connectivity index (χ0) is 11.0. The normalized spacial score (nSPS) is 10.5. The van der Waals surface area contributed by atoms with E-state index in [1.807, 2.05) is 5.38 Å². The Morgan fingerprint density at radius 1 is 1.67 bits per heavy atom. The fraction of sp³-hybridized carbons (Fsp3) is 0.111. The van der Waals surface area contributed by atoms with Gasteiger partial charge in [-0.05, 0) is 11.4 Å². The van der Waals surface area contributed by atoms with Crippen LogP contribution in [0.3, 0.4) is 0 Å². The molecule has 0 fully saturated rings. The standard InChI is InChI=1S/C9H7ClN2O2S/c1-12-4-5(7(11-12)9(13)14)8-6(10)2-3-15-8/h2-4H,1H3,(H,13,14). The van der Waals surface area contributed by atoms with Crippen molar-refractivity contribution in [3.05, 3.63) is 28.4 Å². The highest BCUT2D eigenvalue weighted by Crippen LogP contribution is 2.34. The number of aryl methyl sites for hydroxylation is 1. The smallest absolute Gasteiger partial charge is 0.357 e. The second kappa shape index (κ2) is 3.67. The summed E-state index contributed by atoms with van der Waals surface area (Å²) in [5, 5.41) is 15.2. The van der Waals surface area contributed by atoms with E-state index in [4.69, 9.17) is 16.7 Å². The molecule has 2 aromatic rings. The van der Waals surface area contributed by atoms with Crippen LogP contribution in [0.1, 0.15) is 10.5 Å². The maximum absolute atomic E-state index is 10.9. The first-order chi connectivity index (χ1) is 7.09. The summed E-state index contributed by atoms with van der Waals surface area (Å²) in [6.45, 7) is 0. The largest absolute Gasteiger partial charge is 0.476 e. The summed E-state index contributed by atoms with van der Waals surface area (Å²) in [5.41, 5.74) is 0.590. The number of carbonyl (C=O) groups is 1. The average molecular weight is 243 g/mol.